The van der Waals surface area contributed by atoms with Crippen molar-refractivity contribution in [3.63, 3.8) is 0 Å². The topological polar surface area (TPSA) is 70.6 Å². The van der Waals surface area contributed by atoms with Gasteiger partial charge >= 0.3 is 0 Å². The van der Waals surface area contributed by atoms with Gasteiger partial charge in [0.05, 0.1) is 6.54 Å². The molecule has 1 aliphatic rings. The first-order valence-electron chi connectivity index (χ1n) is 5.26. The maximum atomic E-state index is 11.9. The van der Waals surface area contributed by atoms with Crippen molar-refractivity contribution in [2.45, 2.75) is 26.8 Å². The highest BCUT2D eigenvalue weighted by molar-refractivity contribution is 8.14. The lowest BCUT2D eigenvalue weighted by Crippen LogP contribution is -2.50. The largest absolute Gasteiger partial charge is 0.344 e. The van der Waals surface area contributed by atoms with Crippen LogP contribution < -0.4 is 10.6 Å². The van der Waals surface area contributed by atoms with E-state index >= 15 is 0 Å². The highest BCUT2D eigenvalue weighted by Crippen LogP contribution is 2.10. The number of hydrogen-bond donors (Lipinski definition) is 2. The standard InChI is InChI=1S/C10H17N3O2S/c1-6(2)8(12-7(3)14)9(15)13-10-11-4-5-16-10/h6,8H,4-5H2,1-3H3,(H,12,14)(H,11,13,15)/t8-/m1/s1. The molecule has 5 nitrogen and oxygen atoms in total. The molecule has 0 aromatic rings. The molecule has 0 unspecified atom stereocenters. The van der Waals surface area contributed by atoms with E-state index in [-0.39, 0.29) is 17.7 Å². The molecule has 0 radical (unpaired) electrons. The Morgan fingerprint density at radius 3 is 2.56 bits per heavy atom. The van der Waals surface area contributed by atoms with Crippen LogP contribution in [0, 0.1) is 5.92 Å². The number of nitrogens with zero attached hydrogens (tertiary/aromatic N) is 1. The lowest BCUT2D eigenvalue weighted by atomic mass is 10.0. The van der Waals surface area contributed by atoms with Crippen LogP contribution in [0.15, 0.2) is 4.99 Å². The van der Waals surface area contributed by atoms with Gasteiger partial charge in [-0.3, -0.25) is 14.6 Å². The molecule has 2 amide bonds. The summed E-state index contributed by atoms with van der Waals surface area (Å²) in [6.07, 6.45) is 0. The van der Waals surface area contributed by atoms with Crippen LogP contribution >= 0.6 is 11.8 Å². The fraction of sp³-hybridized carbons (Fsp3) is 0.700. The number of carbonyl (C=O) groups excluding carboxylic acids is 2. The molecule has 1 heterocycles. The van der Waals surface area contributed by atoms with E-state index in [0.717, 1.165) is 12.3 Å². The van der Waals surface area contributed by atoms with Gasteiger partial charge in [-0.25, -0.2) is 0 Å². The van der Waals surface area contributed by atoms with Crippen molar-refractivity contribution in [2.75, 3.05) is 12.3 Å². The quantitative estimate of drug-likeness (QED) is 0.752. The Labute approximate surface area is 99.5 Å². The summed E-state index contributed by atoms with van der Waals surface area (Å²) in [5, 5.41) is 6.02. The van der Waals surface area contributed by atoms with Crippen LogP contribution in [0.4, 0.5) is 0 Å². The number of thioether (sulfide) groups is 1. The molecule has 16 heavy (non-hydrogen) atoms. The average molecular weight is 243 g/mol. The molecule has 1 atom stereocenters. The summed E-state index contributed by atoms with van der Waals surface area (Å²) in [4.78, 5) is 27.0. The first-order valence-corrected chi connectivity index (χ1v) is 6.24. The molecule has 0 aromatic carbocycles. The van der Waals surface area contributed by atoms with Crippen LogP contribution in [-0.2, 0) is 9.59 Å². The van der Waals surface area contributed by atoms with Crippen molar-refractivity contribution in [3.05, 3.63) is 0 Å². The predicted octanol–water partition coefficient (Wildman–Crippen LogP) is 0.366. The van der Waals surface area contributed by atoms with Gasteiger partial charge in [0.15, 0.2) is 5.17 Å². The summed E-state index contributed by atoms with van der Waals surface area (Å²) in [6.45, 7) is 5.94. The van der Waals surface area contributed by atoms with E-state index in [9.17, 15) is 9.59 Å². The molecule has 0 spiro atoms. The highest BCUT2D eigenvalue weighted by atomic mass is 32.2. The lowest BCUT2D eigenvalue weighted by Gasteiger charge is -2.20. The van der Waals surface area contributed by atoms with Gasteiger partial charge in [0.1, 0.15) is 6.04 Å². The monoisotopic (exact) mass is 243 g/mol. The minimum absolute atomic E-state index is 0.0518. The first kappa shape index (κ1) is 13.0. The number of amidine groups is 1. The van der Waals surface area contributed by atoms with E-state index in [1.807, 2.05) is 13.8 Å². The molecule has 1 aliphatic heterocycles. The number of carbonyl (C=O) groups is 2. The zero-order valence-corrected chi connectivity index (χ0v) is 10.6. The molecule has 0 aliphatic carbocycles. The molecule has 0 saturated heterocycles. The summed E-state index contributed by atoms with van der Waals surface area (Å²) in [5.74, 6) is 0.561. The van der Waals surface area contributed by atoms with Crippen LogP contribution in [0.3, 0.4) is 0 Å². The average Bonchev–Trinajstić information content (AvgIpc) is 2.65. The second-order valence-corrected chi connectivity index (χ2v) is 5.03. The predicted molar refractivity (Wildman–Crippen MR) is 65.3 cm³/mol. The Morgan fingerprint density at radius 1 is 1.44 bits per heavy atom. The molecule has 0 fully saturated rings. The first-order chi connectivity index (χ1) is 7.50. The highest BCUT2D eigenvalue weighted by Gasteiger charge is 2.24. The normalized spacial score (nSPS) is 16.9. The van der Waals surface area contributed by atoms with Gasteiger partial charge in [-0.05, 0) is 5.92 Å². The zero-order chi connectivity index (χ0) is 12.1. The van der Waals surface area contributed by atoms with Gasteiger partial charge in [0.25, 0.3) is 0 Å². The number of aliphatic imine (C=N–C) groups is 1. The van der Waals surface area contributed by atoms with Gasteiger partial charge in [-0.2, -0.15) is 0 Å². The maximum absolute atomic E-state index is 11.9. The van der Waals surface area contributed by atoms with E-state index in [2.05, 4.69) is 15.6 Å². The molecule has 1 rings (SSSR count). The number of rotatable bonds is 3. The third-order valence-corrected chi connectivity index (χ3v) is 3.01. The maximum Gasteiger partial charge on any atom is 0.248 e. The summed E-state index contributed by atoms with van der Waals surface area (Å²) in [7, 11) is 0. The smallest absolute Gasteiger partial charge is 0.248 e. The molecule has 0 saturated carbocycles. The van der Waals surface area contributed by atoms with E-state index in [4.69, 9.17) is 0 Å². The SMILES string of the molecule is CC(=O)N[C@@H](C(=O)NC1=NCCS1)C(C)C. The van der Waals surface area contributed by atoms with Crippen LogP contribution in [0.25, 0.3) is 0 Å². The fourth-order valence-corrected chi connectivity index (χ4v) is 2.08. The second-order valence-electron chi connectivity index (χ2n) is 3.95. The van der Waals surface area contributed by atoms with Crippen LogP contribution in [0.1, 0.15) is 20.8 Å². The number of amides is 2. The summed E-state index contributed by atoms with van der Waals surface area (Å²) < 4.78 is 0. The lowest BCUT2D eigenvalue weighted by molar-refractivity contribution is -0.128. The molecule has 2 N–H and O–H groups in total. The Bertz CT molecular complexity index is 315. The van der Waals surface area contributed by atoms with Crippen LogP contribution in [0.5, 0.6) is 0 Å². The number of nitrogens with one attached hydrogen (secondary N) is 2. The van der Waals surface area contributed by atoms with E-state index in [0.29, 0.717) is 5.17 Å². The Balaban J connectivity index is 2.56. The van der Waals surface area contributed by atoms with Gasteiger partial charge in [-0.1, -0.05) is 25.6 Å². The summed E-state index contributed by atoms with van der Waals surface area (Å²) in [5.41, 5.74) is 0. The Morgan fingerprint density at radius 2 is 2.12 bits per heavy atom. The van der Waals surface area contributed by atoms with Crippen molar-refractivity contribution in [3.8, 4) is 0 Å². The molecule has 0 bridgehead atoms. The third kappa shape index (κ3) is 3.84. The van der Waals surface area contributed by atoms with Crippen molar-refractivity contribution < 1.29 is 9.59 Å². The van der Waals surface area contributed by atoms with Crippen molar-refractivity contribution >= 4 is 28.7 Å². The van der Waals surface area contributed by atoms with Crippen LogP contribution in [-0.4, -0.2) is 35.3 Å². The zero-order valence-electron chi connectivity index (χ0n) is 9.74. The Kier molecular flexibility index (Phi) is 4.79. The number of hydrogen-bond acceptors (Lipinski definition) is 4. The van der Waals surface area contributed by atoms with E-state index < -0.39 is 6.04 Å². The molecule has 90 valence electrons. The molecule has 6 heteroatoms. The van der Waals surface area contributed by atoms with Gasteiger partial charge in [-0.15, -0.1) is 0 Å². The minimum Gasteiger partial charge on any atom is -0.344 e. The fourth-order valence-electron chi connectivity index (χ4n) is 1.35. The van der Waals surface area contributed by atoms with Crippen molar-refractivity contribution in [1.82, 2.24) is 10.6 Å². The van der Waals surface area contributed by atoms with Crippen molar-refractivity contribution in [2.24, 2.45) is 10.9 Å². The van der Waals surface area contributed by atoms with Gasteiger partial charge in [0, 0.05) is 12.7 Å². The second kappa shape index (κ2) is 5.89. The van der Waals surface area contributed by atoms with E-state index in [1.165, 1.54) is 18.7 Å². The third-order valence-electron chi connectivity index (χ3n) is 2.12. The minimum atomic E-state index is -0.499. The van der Waals surface area contributed by atoms with Crippen molar-refractivity contribution in [1.29, 1.82) is 0 Å². The summed E-state index contributed by atoms with van der Waals surface area (Å²) in [6, 6.07) is -0.499. The summed E-state index contributed by atoms with van der Waals surface area (Å²) >= 11 is 1.52. The van der Waals surface area contributed by atoms with Crippen LogP contribution in [0.2, 0.25) is 0 Å². The molecular formula is C10H17N3O2S. The van der Waals surface area contributed by atoms with E-state index in [1.54, 1.807) is 0 Å². The Hall–Kier alpha value is -1.04. The van der Waals surface area contributed by atoms with Gasteiger partial charge < -0.3 is 10.6 Å². The molecular weight excluding hydrogens is 226 g/mol. The van der Waals surface area contributed by atoms with Gasteiger partial charge in [0.2, 0.25) is 11.8 Å². The molecule has 0 aromatic heterocycles.